The van der Waals surface area contributed by atoms with Crippen LogP contribution < -0.4 is 11.1 Å². The molecule has 0 saturated carbocycles. The highest BCUT2D eigenvalue weighted by Crippen LogP contribution is 1.94. The van der Waals surface area contributed by atoms with Crippen LogP contribution in [0.15, 0.2) is 18.5 Å². The first kappa shape index (κ1) is 18.6. The third kappa shape index (κ3) is 8.97. The van der Waals surface area contributed by atoms with Gasteiger partial charge in [0, 0.05) is 37.4 Å². The van der Waals surface area contributed by atoms with Crippen molar-refractivity contribution in [1.29, 1.82) is 0 Å². The van der Waals surface area contributed by atoms with Crippen LogP contribution in [0.4, 0.5) is 0 Å². The summed E-state index contributed by atoms with van der Waals surface area (Å²) in [5.41, 5.74) is 5.38. The van der Waals surface area contributed by atoms with Crippen LogP contribution >= 0.6 is 24.8 Å². The lowest BCUT2D eigenvalue weighted by atomic mass is 10.1. The molecule has 0 aliphatic carbocycles. The van der Waals surface area contributed by atoms with Crippen molar-refractivity contribution in [2.24, 2.45) is 5.73 Å². The van der Waals surface area contributed by atoms with Gasteiger partial charge in [0.15, 0.2) is 0 Å². The van der Waals surface area contributed by atoms with Gasteiger partial charge in [-0.1, -0.05) is 0 Å². The summed E-state index contributed by atoms with van der Waals surface area (Å²) in [5, 5.41) is 6.79. The van der Waals surface area contributed by atoms with Gasteiger partial charge < -0.3 is 11.1 Å². The topological polar surface area (TPSA) is 72.9 Å². The van der Waals surface area contributed by atoms with E-state index in [-0.39, 0.29) is 36.3 Å². The second-order valence-corrected chi connectivity index (χ2v) is 4.28. The predicted octanol–water partition coefficient (Wildman–Crippen LogP) is 0.970. The van der Waals surface area contributed by atoms with E-state index in [1.54, 1.807) is 10.9 Å². The maximum absolute atomic E-state index is 11.4. The zero-order valence-electron chi connectivity index (χ0n) is 10.0. The van der Waals surface area contributed by atoms with Crippen LogP contribution in [0.3, 0.4) is 0 Å². The molecule has 0 aliphatic heterocycles. The van der Waals surface area contributed by atoms with E-state index in [4.69, 9.17) is 5.73 Å². The van der Waals surface area contributed by atoms with Crippen molar-refractivity contribution in [3.05, 3.63) is 18.5 Å². The molecule has 0 radical (unpaired) electrons. The normalized spacial score (nSPS) is 10.1. The number of nitrogens with zero attached hydrogens (tertiary/aromatic N) is 2. The lowest BCUT2D eigenvalue weighted by Crippen LogP contribution is -2.45. The minimum Gasteiger partial charge on any atom is -0.354 e. The number of aryl methyl sites for hydroxylation is 1. The van der Waals surface area contributed by atoms with E-state index >= 15 is 0 Å². The number of hydrogen-bond donors (Lipinski definition) is 2. The lowest BCUT2D eigenvalue weighted by molar-refractivity contribution is -0.121. The van der Waals surface area contributed by atoms with E-state index in [1.165, 1.54) is 0 Å². The van der Waals surface area contributed by atoms with Crippen LogP contribution in [0.1, 0.15) is 20.3 Å². The average Bonchev–Trinajstić information content (AvgIpc) is 2.62. The maximum atomic E-state index is 11.4. The van der Waals surface area contributed by atoms with Gasteiger partial charge in [0.2, 0.25) is 5.91 Å². The Morgan fingerprint density at radius 1 is 1.47 bits per heavy atom. The average molecular weight is 283 g/mol. The van der Waals surface area contributed by atoms with Gasteiger partial charge in [0.25, 0.3) is 0 Å². The number of carbonyl (C=O) groups is 1. The van der Waals surface area contributed by atoms with Gasteiger partial charge in [0.05, 0.1) is 0 Å². The first-order valence-electron chi connectivity index (χ1n) is 5.00. The number of halogens is 2. The lowest BCUT2D eigenvalue weighted by Gasteiger charge is -2.18. The van der Waals surface area contributed by atoms with Crippen molar-refractivity contribution in [2.45, 2.75) is 32.4 Å². The van der Waals surface area contributed by atoms with Gasteiger partial charge in [-0.05, 0) is 19.9 Å². The zero-order valence-corrected chi connectivity index (χ0v) is 11.7. The Bertz CT molecular complexity index is 309. The van der Waals surface area contributed by atoms with Crippen molar-refractivity contribution in [2.75, 3.05) is 6.54 Å². The molecule has 0 saturated heterocycles. The van der Waals surface area contributed by atoms with E-state index < -0.39 is 0 Å². The Morgan fingerprint density at radius 3 is 2.59 bits per heavy atom. The molecule has 5 nitrogen and oxygen atoms in total. The monoisotopic (exact) mass is 282 g/mol. The Labute approximate surface area is 114 Å². The third-order valence-corrected chi connectivity index (χ3v) is 1.87. The van der Waals surface area contributed by atoms with Crippen molar-refractivity contribution in [1.82, 2.24) is 15.1 Å². The fourth-order valence-electron chi connectivity index (χ4n) is 1.06. The minimum atomic E-state index is -0.360. The molecule has 7 heteroatoms. The molecule has 100 valence electrons. The highest BCUT2D eigenvalue weighted by atomic mass is 35.5. The Balaban J connectivity index is 0. The van der Waals surface area contributed by atoms with Gasteiger partial charge >= 0.3 is 0 Å². The standard InChI is InChI=1S/C10H18N4O.2ClH/c1-10(2,11)8-12-9(15)4-7-14-6-3-5-13-14;;/h3,5-6H,4,7-8,11H2,1-2H3,(H,12,15);2*1H. The summed E-state index contributed by atoms with van der Waals surface area (Å²) in [7, 11) is 0. The first-order valence-corrected chi connectivity index (χ1v) is 5.00. The van der Waals surface area contributed by atoms with E-state index in [1.807, 2.05) is 26.1 Å². The van der Waals surface area contributed by atoms with Gasteiger partial charge in [-0.15, -0.1) is 24.8 Å². The molecule has 1 amide bonds. The van der Waals surface area contributed by atoms with Crippen LogP contribution in [0.2, 0.25) is 0 Å². The summed E-state index contributed by atoms with van der Waals surface area (Å²) in [6.45, 7) is 4.84. The van der Waals surface area contributed by atoms with Crippen LogP contribution in [-0.2, 0) is 11.3 Å². The summed E-state index contributed by atoms with van der Waals surface area (Å²) in [4.78, 5) is 11.4. The second kappa shape index (κ2) is 8.33. The molecule has 0 bridgehead atoms. The van der Waals surface area contributed by atoms with E-state index in [2.05, 4.69) is 10.4 Å². The molecule has 3 N–H and O–H groups in total. The summed E-state index contributed by atoms with van der Waals surface area (Å²) in [5.74, 6) is 0.00373. The molecule has 0 atom stereocenters. The number of amides is 1. The molecule has 1 aromatic rings. The van der Waals surface area contributed by atoms with Crippen LogP contribution in [0.25, 0.3) is 0 Å². The number of nitrogens with one attached hydrogen (secondary N) is 1. The molecule has 17 heavy (non-hydrogen) atoms. The van der Waals surface area contributed by atoms with Gasteiger partial charge in [-0.3, -0.25) is 9.48 Å². The summed E-state index contributed by atoms with van der Waals surface area (Å²) in [6.07, 6.45) is 3.96. The molecule has 0 unspecified atom stereocenters. The Hall–Kier alpha value is -0.780. The Kier molecular flexibility index (Phi) is 9.11. The van der Waals surface area contributed by atoms with Crippen LogP contribution in [0, 0.1) is 0 Å². The second-order valence-electron chi connectivity index (χ2n) is 4.28. The van der Waals surface area contributed by atoms with Gasteiger partial charge in [-0.2, -0.15) is 5.10 Å². The minimum absolute atomic E-state index is 0. The van der Waals surface area contributed by atoms with Crippen molar-refractivity contribution < 1.29 is 4.79 Å². The van der Waals surface area contributed by atoms with Crippen LogP contribution in [0.5, 0.6) is 0 Å². The number of aromatic nitrogens is 2. The number of nitrogens with two attached hydrogens (primary N) is 1. The first-order chi connectivity index (χ1) is 6.97. The molecule has 0 aromatic carbocycles. The largest absolute Gasteiger partial charge is 0.354 e. The molecule has 1 aromatic heterocycles. The number of hydrogen-bond acceptors (Lipinski definition) is 3. The summed E-state index contributed by atoms with van der Waals surface area (Å²) < 4.78 is 1.73. The van der Waals surface area contributed by atoms with Crippen molar-refractivity contribution in [3.8, 4) is 0 Å². The number of carbonyl (C=O) groups excluding carboxylic acids is 1. The molecule has 1 heterocycles. The van der Waals surface area contributed by atoms with E-state index in [9.17, 15) is 4.79 Å². The van der Waals surface area contributed by atoms with Crippen molar-refractivity contribution >= 4 is 30.7 Å². The highest BCUT2D eigenvalue weighted by Gasteiger charge is 2.11. The third-order valence-electron chi connectivity index (χ3n) is 1.87. The predicted molar refractivity (Wildman–Crippen MR) is 72.6 cm³/mol. The highest BCUT2D eigenvalue weighted by molar-refractivity contribution is 5.85. The molecule has 0 aliphatic rings. The summed E-state index contributed by atoms with van der Waals surface area (Å²) in [6, 6.07) is 1.83. The molecule has 1 rings (SSSR count). The number of rotatable bonds is 5. The van der Waals surface area contributed by atoms with Gasteiger partial charge in [-0.25, -0.2) is 0 Å². The SMILES string of the molecule is CC(C)(N)CNC(=O)CCn1cccn1.Cl.Cl. The molecular weight excluding hydrogens is 263 g/mol. The Morgan fingerprint density at radius 2 is 2.12 bits per heavy atom. The van der Waals surface area contributed by atoms with E-state index in [0.29, 0.717) is 19.5 Å². The zero-order chi connectivity index (χ0) is 11.3. The van der Waals surface area contributed by atoms with Gasteiger partial charge in [0.1, 0.15) is 0 Å². The van der Waals surface area contributed by atoms with Crippen LogP contribution in [-0.4, -0.2) is 27.8 Å². The van der Waals surface area contributed by atoms with Crippen molar-refractivity contribution in [3.63, 3.8) is 0 Å². The fourth-order valence-corrected chi connectivity index (χ4v) is 1.06. The maximum Gasteiger partial charge on any atom is 0.221 e. The molecular formula is C10H20Cl2N4O. The molecule has 0 fully saturated rings. The fraction of sp³-hybridized carbons (Fsp3) is 0.600. The smallest absolute Gasteiger partial charge is 0.221 e. The summed E-state index contributed by atoms with van der Waals surface area (Å²) >= 11 is 0. The quantitative estimate of drug-likeness (QED) is 0.845. The van der Waals surface area contributed by atoms with E-state index in [0.717, 1.165) is 0 Å². The molecule has 0 spiro atoms.